The normalized spacial score (nSPS) is 21.7. The number of amides is 1. The molecule has 1 aromatic heterocycles. The van der Waals surface area contributed by atoms with Crippen LogP contribution in [0.5, 0.6) is 0 Å². The Morgan fingerprint density at radius 1 is 1.39 bits per heavy atom. The van der Waals surface area contributed by atoms with Crippen LogP contribution in [0.25, 0.3) is 0 Å². The van der Waals surface area contributed by atoms with Crippen LogP contribution in [-0.2, 0) is 11.3 Å². The van der Waals surface area contributed by atoms with E-state index >= 15 is 0 Å². The van der Waals surface area contributed by atoms with Gasteiger partial charge < -0.3 is 19.5 Å². The molecule has 1 unspecified atom stereocenters. The lowest BCUT2D eigenvalue weighted by Crippen LogP contribution is -2.44. The maximum Gasteiger partial charge on any atom is 0.410 e. The Hall–Kier alpha value is -1.56. The Kier molecular flexibility index (Phi) is 4.62. The Labute approximate surface area is 138 Å². The molecule has 2 fully saturated rings. The molecule has 1 aromatic rings. The molecular weight excluding hydrogens is 292 g/mol. The van der Waals surface area contributed by atoms with Gasteiger partial charge in [-0.2, -0.15) is 0 Å². The molecule has 2 heterocycles. The number of aromatic nitrogens is 2. The number of nitrogens with one attached hydrogen (secondary N) is 1. The summed E-state index contributed by atoms with van der Waals surface area (Å²) in [4.78, 5) is 18.4. The third-order valence-corrected chi connectivity index (χ3v) is 4.38. The molecule has 6 heteroatoms. The predicted molar refractivity (Wildman–Crippen MR) is 88.2 cm³/mol. The lowest BCUT2D eigenvalue weighted by molar-refractivity contribution is 0.0226. The number of hydrogen-bond donors (Lipinski definition) is 1. The van der Waals surface area contributed by atoms with Gasteiger partial charge in [-0.25, -0.2) is 9.78 Å². The second-order valence-electron chi connectivity index (χ2n) is 7.62. The third-order valence-electron chi connectivity index (χ3n) is 4.38. The molecule has 1 aliphatic carbocycles. The van der Waals surface area contributed by atoms with Crippen LogP contribution in [0.1, 0.15) is 58.2 Å². The van der Waals surface area contributed by atoms with Crippen LogP contribution in [-0.4, -0.2) is 45.3 Å². The van der Waals surface area contributed by atoms with Crippen molar-refractivity contribution < 1.29 is 9.53 Å². The van der Waals surface area contributed by atoms with Crippen LogP contribution in [0.2, 0.25) is 0 Å². The van der Waals surface area contributed by atoms with E-state index in [2.05, 4.69) is 14.9 Å². The average Bonchev–Trinajstić information content (AvgIpc) is 3.01. The highest BCUT2D eigenvalue weighted by Gasteiger charge is 2.32. The lowest BCUT2D eigenvalue weighted by atomic mass is 10.2. The number of nitrogens with zero attached hydrogens (tertiary/aromatic N) is 3. The van der Waals surface area contributed by atoms with Gasteiger partial charge in [-0.1, -0.05) is 0 Å². The minimum absolute atomic E-state index is 0.190. The van der Waals surface area contributed by atoms with Gasteiger partial charge in [-0.3, -0.25) is 0 Å². The maximum atomic E-state index is 12.3. The average molecular weight is 320 g/mol. The van der Waals surface area contributed by atoms with E-state index in [0.717, 1.165) is 32.5 Å². The second-order valence-corrected chi connectivity index (χ2v) is 7.62. The van der Waals surface area contributed by atoms with Crippen molar-refractivity contribution in [1.82, 2.24) is 19.8 Å². The van der Waals surface area contributed by atoms with Crippen LogP contribution in [0.15, 0.2) is 12.5 Å². The van der Waals surface area contributed by atoms with Crippen LogP contribution < -0.4 is 5.32 Å². The van der Waals surface area contributed by atoms with Crippen molar-refractivity contribution in [2.75, 3.05) is 13.1 Å². The molecule has 0 aromatic carbocycles. The molecule has 128 valence electrons. The molecule has 1 N–H and O–H groups in total. The van der Waals surface area contributed by atoms with E-state index in [1.807, 2.05) is 38.2 Å². The first-order chi connectivity index (χ1) is 10.9. The highest BCUT2D eigenvalue weighted by Crippen LogP contribution is 2.35. The van der Waals surface area contributed by atoms with Crippen LogP contribution in [0.3, 0.4) is 0 Å². The lowest BCUT2D eigenvalue weighted by Gasteiger charge is -2.28. The summed E-state index contributed by atoms with van der Waals surface area (Å²) in [6, 6.07) is 0.876. The van der Waals surface area contributed by atoms with E-state index in [9.17, 15) is 4.79 Å². The minimum atomic E-state index is -0.436. The number of hydrogen-bond acceptors (Lipinski definition) is 4. The zero-order valence-electron chi connectivity index (χ0n) is 14.4. The van der Waals surface area contributed by atoms with Crippen molar-refractivity contribution in [1.29, 1.82) is 0 Å². The first kappa shape index (κ1) is 16.3. The maximum absolute atomic E-state index is 12.3. The number of rotatable bonds is 5. The summed E-state index contributed by atoms with van der Waals surface area (Å²) in [7, 11) is 0. The SMILES string of the molecule is CC(C)(C)OC(=O)N1CCCC1CNCc1cncn1C1CC1. The summed E-state index contributed by atoms with van der Waals surface area (Å²) < 4.78 is 7.78. The summed E-state index contributed by atoms with van der Waals surface area (Å²) in [5.41, 5.74) is 0.795. The van der Waals surface area contributed by atoms with E-state index in [4.69, 9.17) is 4.74 Å². The number of ether oxygens (including phenoxy) is 1. The molecule has 2 aliphatic rings. The summed E-state index contributed by atoms with van der Waals surface area (Å²) in [5.74, 6) is 0. The summed E-state index contributed by atoms with van der Waals surface area (Å²) in [6.45, 7) is 8.12. The van der Waals surface area contributed by atoms with Gasteiger partial charge in [0.1, 0.15) is 5.60 Å². The van der Waals surface area contributed by atoms with Crippen molar-refractivity contribution >= 4 is 6.09 Å². The van der Waals surface area contributed by atoms with Crippen molar-refractivity contribution in [2.24, 2.45) is 0 Å². The third kappa shape index (κ3) is 4.25. The van der Waals surface area contributed by atoms with Gasteiger partial charge in [0.25, 0.3) is 0 Å². The van der Waals surface area contributed by atoms with Gasteiger partial charge in [0.15, 0.2) is 0 Å². The van der Waals surface area contributed by atoms with E-state index in [0.29, 0.717) is 6.04 Å². The van der Waals surface area contributed by atoms with E-state index in [1.165, 1.54) is 18.5 Å². The molecule has 1 saturated heterocycles. The molecule has 6 nitrogen and oxygen atoms in total. The molecule has 1 amide bonds. The molecule has 23 heavy (non-hydrogen) atoms. The monoisotopic (exact) mass is 320 g/mol. The summed E-state index contributed by atoms with van der Waals surface area (Å²) >= 11 is 0. The largest absolute Gasteiger partial charge is 0.444 e. The van der Waals surface area contributed by atoms with Crippen LogP contribution >= 0.6 is 0 Å². The smallest absolute Gasteiger partial charge is 0.410 e. The van der Waals surface area contributed by atoms with Crippen molar-refractivity contribution in [3.05, 3.63) is 18.2 Å². The number of carbonyl (C=O) groups is 1. The number of likely N-dealkylation sites (tertiary alicyclic amines) is 1. The Morgan fingerprint density at radius 2 is 2.17 bits per heavy atom. The van der Waals surface area contributed by atoms with Crippen molar-refractivity contribution in [2.45, 2.75) is 70.7 Å². The fraction of sp³-hybridized carbons (Fsp3) is 0.765. The minimum Gasteiger partial charge on any atom is -0.444 e. The van der Waals surface area contributed by atoms with Gasteiger partial charge in [-0.05, 0) is 46.5 Å². The standard InChI is InChI=1S/C17H28N4O2/c1-17(2,3)23-16(22)20-8-4-5-14(20)9-18-10-15-11-19-12-21(15)13-6-7-13/h11-14,18H,4-10H2,1-3H3. The van der Waals surface area contributed by atoms with Gasteiger partial charge in [0.05, 0.1) is 12.0 Å². The molecular formula is C17H28N4O2. The highest BCUT2D eigenvalue weighted by atomic mass is 16.6. The molecule has 0 bridgehead atoms. The van der Waals surface area contributed by atoms with Crippen molar-refractivity contribution in [3.63, 3.8) is 0 Å². The van der Waals surface area contributed by atoms with Gasteiger partial charge in [-0.15, -0.1) is 0 Å². The topological polar surface area (TPSA) is 59.4 Å². The predicted octanol–water partition coefficient (Wildman–Crippen LogP) is 2.71. The van der Waals surface area contributed by atoms with Gasteiger partial charge >= 0.3 is 6.09 Å². The molecule has 1 atom stereocenters. The molecule has 0 spiro atoms. The first-order valence-electron chi connectivity index (χ1n) is 8.65. The van der Waals surface area contributed by atoms with Crippen LogP contribution in [0.4, 0.5) is 4.79 Å². The van der Waals surface area contributed by atoms with Crippen molar-refractivity contribution in [3.8, 4) is 0 Å². The Balaban J connectivity index is 1.49. The zero-order chi connectivity index (χ0) is 16.4. The number of imidazole rings is 1. The molecule has 1 saturated carbocycles. The molecule has 0 radical (unpaired) electrons. The fourth-order valence-corrected chi connectivity index (χ4v) is 3.13. The van der Waals surface area contributed by atoms with E-state index in [1.54, 1.807) is 0 Å². The van der Waals surface area contributed by atoms with Crippen LogP contribution in [0, 0.1) is 0 Å². The summed E-state index contributed by atoms with van der Waals surface area (Å²) in [6.07, 6.45) is 8.28. The van der Waals surface area contributed by atoms with Gasteiger partial charge in [0.2, 0.25) is 0 Å². The van der Waals surface area contributed by atoms with E-state index in [-0.39, 0.29) is 12.1 Å². The highest BCUT2D eigenvalue weighted by molar-refractivity contribution is 5.69. The van der Waals surface area contributed by atoms with E-state index < -0.39 is 5.60 Å². The fourth-order valence-electron chi connectivity index (χ4n) is 3.13. The second kappa shape index (κ2) is 6.51. The quantitative estimate of drug-likeness (QED) is 0.906. The summed E-state index contributed by atoms with van der Waals surface area (Å²) in [5, 5.41) is 3.49. The molecule has 3 rings (SSSR count). The Morgan fingerprint density at radius 3 is 2.87 bits per heavy atom. The number of carbonyl (C=O) groups excluding carboxylic acids is 1. The first-order valence-corrected chi connectivity index (χ1v) is 8.65. The van der Waals surface area contributed by atoms with Gasteiger partial charge in [0, 0.05) is 37.9 Å². The Bertz CT molecular complexity index is 545. The molecule has 1 aliphatic heterocycles. The zero-order valence-corrected chi connectivity index (χ0v) is 14.4.